The Balaban J connectivity index is 4.37. The average molecular weight is 286 g/mol. The summed E-state index contributed by atoms with van der Waals surface area (Å²) in [4.78, 5) is 5.21. The molecule has 0 heterocycles. The molecule has 1 N–H and O–H groups in total. The zero-order chi connectivity index (χ0) is 15.4. The SMILES string of the molecule is CCCC(NC)C(CC)N(CC)CCCN(CC)CC. The monoisotopic (exact) mass is 285 g/mol. The zero-order valence-electron chi connectivity index (χ0n) is 14.9. The third kappa shape index (κ3) is 7.05. The van der Waals surface area contributed by atoms with Gasteiger partial charge in [0.25, 0.3) is 0 Å². The molecule has 0 bridgehead atoms. The van der Waals surface area contributed by atoms with Crippen LogP contribution in [0.1, 0.15) is 60.3 Å². The smallest absolute Gasteiger partial charge is 0.0246 e. The Morgan fingerprint density at radius 2 is 1.55 bits per heavy atom. The van der Waals surface area contributed by atoms with Crippen molar-refractivity contribution < 1.29 is 0 Å². The molecule has 0 rings (SSSR count). The molecule has 0 aliphatic heterocycles. The molecular formula is C17H39N3. The number of nitrogens with one attached hydrogen (secondary N) is 1. The third-order valence-electron chi connectivity index (χ3n) is 4.54. The average Bonchev–Trinajstić information content (AvgIpc) is 2.49. The molecule has 122 valence electrons. The molecule has 0 aromatic rings. The molecule has 0 saturated heterocycles. The lowest BCUT2D eigenvalue weighted by atomic mass is 9.99. The summed E-state index contributed by atoms with van der Waals surface area (Å²) in [6.45, 7) is 17.4. The van der Waals surface area contributed by atoms with Crippen LogP contribution in [-0.2, 0) is 0 Å². The number of nitrogens with zero attached hydrogens (tertiary/aromatic N) is 2. The molecule has 0 saturated carbocycles. The van der Waals surface area contributed by atoms with Crippen molar-refractivity contribution in [3.8, 4) is 0 Å². The van der Waals surface area contributed by atoms with Gasteiger partial charge in [-0.25, -0.2) is 0 Å². The van der Waals surface area contributed by atoms with E-state index in [1.165, 1.54) is 58.4 Å². The van der Waals surface area contributed by atoms with Gasteiger partial charge in [-0.2, -0.15) is 0 Å². The number of hydrogen-bond acceptors (Lipinski definition) is 3. The van der Waals surface area contributed by atoms with E-state index in [0.717, 1.165) is 0 Å². The van der Waals surface area contributed by atoms with E-state index >= 15 is 0 Å². The topological polar surface area (TPSA) is 18.5 Å². The molecule has 3 heteroatoms. The maximum absolute atomic E-state index is 3.54. The lowest BCUT2D eigenvalue weighted by Crippen LogP contribution is -2.49. The van der Waals surface area contributed by atoms with Gasteiger partial charge in [0, 0.05) is 12.1 Å². The summed E-state index contributed by atoms with van der Waals surface area (Å²) in [6, 6.07) is 1.32. The van der Waals surface area contributed by atoms with Gasteiger partial charge in [-0.3, -0.25) is 4.90 Å². The van der Waals surface area contributed by atoms with E-state index in [1.807, 2.05) is 0 Å². The molecular weight excluding hydrogens is 246 g/mol. The fourth-order valence-corrected chi connectivity index (χ4v) is 3.23. The summed E-state index contributed by atoms with van der Waals surface area (Å²) in [5.41, 5.74) is 0. The van der Waals surface area contributed by atoms with Gasteiger partial charge in [-0.05, 0) is 59.0 Å². The van der Waals surface area contributed by atoms with Crippen molar-refractivity contribution in [2.24, 2.45) is 0 Å². The quantitative estimate of drug-likeness (QED) is 0.560. The first-order valence-electron chi connectivity index (χ1n) is 8.81. The van der Waals surface area contributed by atoms with Crippen molar-refractivity contribution in [2.45, 2.75) is 72.4 Å². The maximum Gasteiger partial charge on any atom is 0.0246 e. The molecule has 3 nitrogen and oxygen atoms in total. The molecule has 0 spiro atoms. The summed E-state index contributed by atoms with van der Waals surface area (Å²) in [5.74, 6) is 0. The first-order chi connectivity index (χ1) is 9.68. The van der Waals surface area contributed by atoms with Crippen molar-refractivity contribution in [3.05, 3.63) is 0 Å². The Labute approximate surface area is 128 Å². The van der Waals surface area contributed by atoms with E-state index in [4.69, 9.17) is 0 Å². The van der Waals surface area contributed by atoms with Gasteiger partial charge in [-0.15, -0.1) is 0 Å². The van der Waals surface area contributed by atoms with Gasteiger partial charge in [0.05, 0.1) is 0 Å². The normalized spacial score (nSPS) is 15.0. The van der Waals surface area contributed by atoms with E-state index in [9.17, 15) is 0 Å². The van der Waals surface area contributed by atoms with E-state index in [1.54, 1.807) is 0 Å². The Bertz CT molecular complexity index is 204. The van der Waals surface area contributed by atoms with Gasteiger partial charge in [-0.1, -0.05) is 41.0 Å². The molecule has 0 aliphatic rings. The van der Waals surface area contributed by atoms with Gasteiger partial charge in [0.15, 0.2) is 0 Å². The van der Waals surface area contributed by atoms with Crippen LogP contribution in [-0.4, -0.2) is 61.7 Å². The molecule has 0 radical (unpaired) electrons. The summed E-state index contributed by atoms with van der Waals surface area (Å²) in [7, 11) is 2.12. The molecule has 0 aliphatic carbocycles. The lowest BCUT2D eigenvalue weighted by Gasteiger charge is -2.36. The van der Waals surface area contributed by atoms with Crippen LogP contribution in [0, 0.1) is 0 Å². The minimum absolute atomic E-state index is 0.637. The molecule has 0 aromatic carbocycles. The minimum atomic E-state index is 0.637. The number of hydrogen-bond donors (Lipinski definition) is 1. The highest BCUT2D eigenvalue weighted by molar-refractivity contribution is 4.82. The minimum Gasteiger partial charge on any atom is -0.315 e. The highest BCUT2D eigenvalue weighted by Gasteiger charge is 2.23. The van der Waals surface area contributed by atoms with Crippen molar-refractivity contribution in [1.29, 1.82) is 0 Å². The van der Waals surface area contributed by atoms with Crippen molar-refractivity contribution >= 4 is 0 Å². The van der Waals surface area contributed by atoms with Crippen molar-refractivity contribution in [1.82, 2.24) is 15.1 Å². The van der Waals surface area contributed by atoms with Gasteiger partial charge in [0.1, 0.15) is 0 Å². The van der Waals surface area contributed by atoms with Crippen molar-refractivity contribution in [3.63, 3.8) is 0 Å². The predicted octanol–water partition coefficient (Wildman–Crippen LogP) is 3.21. The lowest BCUT2D eigenvalue weighted by molar-refractivity contribution is 0.147. The van der Waals surface area contributed by atoms with Crippen LogP contribution in [0.5, 0.6) is 0 Å². The summed E-state index contributed by atoms with van der Waals surface area (Å²) in [6.07, 6.45) is 5.07. The van der Waals surface area contributed by atoms with Gasteiger partial charge >= 0.3 is 0 Å². The molecule has 2 atom stereocenters. The van der Waals surface area contributed by atoms with E-state index in [2.05, 4.69) is 56.8 Å². The molecule has 0 fully saturated rings. The first kappa shape index (κ1) is 19.9. The van der Waals surface area contributed by atoms with Crippen LogP contribution >= 0.6 is 0 Å². The van der Waals surface area contributed by atoms with Crippen LogP contribution < -0.4 is 5.32 Å². The molecule has 0 amide bonds. The number of rotatable bonds is 13. The van der Waals surface area contributed by atoms with Crippen LogP contribution in [0.25, 0.3) is 0 Å². The Morgan fingerprint density at radius 1 is 0.900 bits per heavy atom. The first-order valence-corrected chi connectivity index (χ1v) is 8.81. The van der Waals surface area contributed by atoms with Gasteiger partial charge < -0.3 is 10.2 Å². The highest BCUT2D eigenvalue weighted by Crippen LogP contribution is 2.14. The summed E-state index contributed by atoms with van der Waals surface area (Å²) < 4.78 is 0. The zero-order valence-corrected chi connectivity index (χ0v) is 14.9. The largest absolute Gasteiger partial charge is 0.315 e. The second-order valence-electron chi connectivity index (χ2n) is 5.67. The third-order valence-corrected chi connectivity index (χ3v) is 4.54. The summed E-state index contributed by atoms with van der Waals surface area (Å²) in [5, 5.41) is 3.54. The van der Waals surface area contributed by atoms with Crippen LogP contribution in [0.4, 0.5) is 0 Å². The van der Waals surface area contributed by atoms with E-state index < -0.39 is 0 Å². The Morgan fingerprint density at radius 3 is 1.95 bits per heavy atom. The second-order valence-corrected chi connectivity index (χ2v) is 5.67. The van der Waals surface area contributed by atoms with E-state index in [0.29, 0.717) is 12.1 Å². The standard InChI is InChI=1S/C17H39N3/c1-7-13-16(18-6)17(8-2)20(11-5)15-12-14-19(9-3)10-4/h16-18H,7-15H2,1-6H3. The Hall–Kier alpha value is -0.120. The van der Waals surface area contributed by atoms with Crippen LogP contribution in [0.2, 0.25) is 0 Å². The fraction of sp³-hybridized carbons (Fsp3) is 1.00. The Kier molecular flexibility index (Phi) is 12.5. The highest BCUT2D eigenvalue weighted by atomic mass is 15.2. The maximum atomic E-state index is 3.54. The molecule has 0 aromatic heterocycles. The number of likely N-dealkylation sites (N-methyl/N-ethyl adjacent to an activating group) is 2. The van der Waals surface area contributed by atoms with Crippen LogP contribution in [0.15, 0.2) is 0 Å². The fourth-order valence-electron chi connectivity index (χ4n) is 3.23. The van der Waals surface area contributed by atoms with Gasteiger partial charge in [0.2, 0.25) is 0 Å². The second kappa shape index (κ2) is 12.6. The predicted molar refractivity (Wildman–Crippen MR) is 91.5 cm³/mol. The van der Waals surface area contributed by atoms with E-state index in [-0.39, 0.29) is 0 Å². The molecule has 20 heavy (non-hydrogen) atoms. The molecule has 2 unspecified atom stereocenters. The van der Waals surface area contributed by atoms with Crippen molar-refractivity contribution in [2.75, 3.05) is 39.8 Å². The van der Waals surface area contributed by atoms with Crippen LogP contribution in [0.3, 0.4) is 0 Å². The summed E-state index contributed by atoms with van der Waals surface area (Å²) >= 11 is 0.